The molecular weight excluding hydrogens is 272 g/mol. The summed E-state index contributed by atoms with van der Waals surface area (Å²) < 4.78 is 0. The molecule has 22 heavy (non-hydrogen) atoms. The Bertz CT molecular complexity index is 629. The van der Waals surface area contributed by atoms with Gasteiger partial charge in [-0.15, -0.1) is 0 Å². The largest absolute Gasteiger partial charge is 0.298 e. The first-order valence-electron chi connectivity index (χ1n) is 7.47. The van der Waals surface area contributed by atoms with Crippen molar-refractivity contribution < 1.29 is 9.59 Å². The van der Waals surface area contributed by atoms with Gasteiger partial charge in [0, 0.05) is 12.0 Å². The van der Waals surface area contributed by atoms with E-state index >= 15 is 0 Å². The Labute approximate surface area is 133 Å². The fourth-order valence-corrected chi connectivity index (χ4v) is 2.68. The van der Waals surface area contributed by atoms with E-state index < -0.39 is 5.92 Å². The van der Waals surface area contributed by atoms with Crippen molar-refractivity contribution in [3.8, 4) is 0 Å². The van der Waals surface area contributed by atoms with Crippen LogP contribution in [0.15, 0.2) is 54.6 Å². The van der Waals surface area contributed by atoms with Crippen LogP contribution in [0.5, 0.6) is 0 Å². The third-order valence-electron chi connectivity index (χ3n) is 3.65. The maximum absolute atomic E-state index is 12.6. The van der Waals surface area contributed by atoms with Gasteiger partial charge in [-0.25, -0.2) is 0 Å². The normalized spacial score (nSPS) is 15.7. The molecule has 0 N–H and O–H groups in total. The van der Waals surface area contributed by atoms with E-state index in [0.717, 1.165) is 17.5 Å². The lowest BCUT2D eigenvalue weighted by Gasteiger charge is -2.23. The molecule has 2 aromatic rings. The summed E-state index contributed by atoms with van der Waals surface area (Å²) in [6.45, 7) is 4.00. The van der Waals surface area contributed by atoms with Crippen LogP contribution >= 0.6 is 0 Å². The minimum Gasteiger partial charge on any atom is -0.298 e. The van der Waals surface area contributed by atoms with Crippen molar-refractivity contribution in [2.75, 3.05) is 0 Å². The summed E-state index contributed by atoms with van der Waals surface area (Å²) in [6, 6.07) is 16.8. The fourth-order valence-electron chi connectivity index (χ4n) is 2.68. The number of aryl methyl sites for hydroxylation is 1. The number of carbonyl (C=O) groups excluding carboxylic acids is 2. The van der Waals surface area contributed by atoms with Crippen molar-refractivity contribution in [2.45, 2.75) is 40.0 Å². The maximum Gasteiger partial charge on any atom is 0.177 e. The number of hydrogen-bond acceptors (Lipinski definition) is 2. The third-order valence-corrected chi connectivity index (χ3v) is 3.65. The van der Waals surface area contributed by atoms with Crippen LogP contribution in [0.2, 0.25) is 0 Å². The van der Waals surface area contributed by atoms with Gasteiger partial charge in [0.1, 0.15) is 11.7 Å². The molecule has 2 nitrogen and oxygen atoms in total. The van der Waals surface area contributed by atoms with E-state index in [4.69, 9.17) is 0 Å². The predicted molar refractivity (Wildman–Crippen MR) is 91.4 cm³/mol. The van der Waals surface area contributed by atoms with Crippen LogP contribution in [0.3, 0.4) is 0 Å². The Kier molecular flexibility index (Phi) is 6.71. The van der Waals surface area contributed by atoms with Crippen LogP contribution in [-0.2, 0) is 11.2 Å². The van der Waals surface area contributed by atoms with Crippen molar-refractivity contribution in [1.82, 2.24) is 0 Å². The van der Waals surface area contributed by atoms with Crippen molar-refractivity contribution >= 4 is 11.6 Å². The van der Waals surface area contributed by atoms with Crippen molar-refractivity contribution in [1.29, 1.82) is 0 Å². The summed E-state index contributed by atoms with van der Waals surface area (Å²) in [5.74, 6) is -0.669. The summed E-state index contributed by atoms with van der Waals surface area (Å²) in [5.41, 5.74) is 2.61. The van der Waals surface area contributed by atoms with Crippen LogP contribution in [-0.4, -0.2) is 11.6 Å². The summed E-state index contributed by atoms with van der Waals surface area (Å²) in [4.78, 5) is 24.7. The Morgan fingerprint density at radius 3 is 2.18 bits per heavy atom. The fraction of sp³-hybridized carbons (Fsp3) is 0.300. The van der Waals surface area contributed by atoms with Gasteiger partial charge in [-0.1, -0.05) is 75.9 Å². The number of benzene rings is 2. The van der Waals surface area contributed by atoms with Crippen LogP contribution in [0.4, 0.5) is 0 Å². The lowest BCUT2D eigenvalue weighted by molar-refractivity contribution is -0.119. The van der Waals surface area contributed by atoms with Gasteiger partial charge in [0.2, 0.25) is 0 Å². The SMILES string of the molecule is C.CC.O=C1CCc2ccccc2C1C(=O)c1ccccc1. The molecule has 3 rings (SSSR count). The van der Waals surface area contributed by atoms with Gasteiger partial charge in [-0.3, -0.25) is 9.59 Å². The lowest BCUT2D eigenvalue weighted by atomic mass is 9.78. The molecule has 1 unspecified atom stereocenters. The smallest absolute Gasteiger partial charge is 0.177 e. The molecule has 1 aliphatic carbocycles. The highest BCUT2D eigenvalue weighted by atomic mass is 16.1. The summed E-state index contributed by atoms with van der Waals surface area (Å²) >= 11 is 0. The highest BCUT2D eigenvalue weighted by Gasteiger charge is 2.33. The van der Waals surface area contributed by atoms with E-state index in [9.17, 15) is 9.59 Å². The highest BCUT2D eigenvalue weighted by molar-refractivity contribution is 6.15. The molecular formula is C20H24O2. The number of fused-ring (bicyclic) bond motifs is 1. The molecule has 0 spiro atoms. The first-order chi connectivity index (χ1) is 10.3. The first kappa shape index (κ1) is 17.8. The first-order valence-corrected chi connectivity index (χ1v) is 7.47. The number of carbonyl (C=O) groups is 2. The quantitative estimate of drug-likeness (QED) is 0.587. The predicted octanol–water partition coefficient (Wildman–Crippen LogP) is 4.83. The van der Waals surface area contributed by atoms with E-state index in [1.54, 1.807) is 12.1 Å². The molecule has 0 aromatic heterocycles. The minimum absolute atomic E-state index is 0. The van der Waals surface area contributed by atoms with E-state index in [2.05, 4.69) is 0 Å². The van der Waals surface area contributed by atoms with Crippen molar-refractivity contribution in [3.05, 3.63) is 71.3 Å². The lowest BCUT2D eigenvalue weighted by Crippen LogP contribution is -2.27. The van der Waals surface area contributed by atoms with Gasteiger partial charge in [-0.2, -0.15) is 0 Å². The van der Waals surface area contributed by atoms with E-state index in [1.807, 2.05) is 56.3 Å². The van der Waals surface area contributed by atoms with Gasteiger partial charge in [0.05, 0.1) is 0 Å². The zero-order chi connectivity index (χ0) is 15.2. The molecule has 0 aliphatic heterocycles. The summed E-state index contributed by atoms with van der Waals surface area (Å²) in [6.07, 6.45) is 1.20. The molecule has 0 fully saturated rings. The average molecular weight is 296 g/mol. The number of rotatable bonds is 2. The third kappa shape index (κ3) is 3.51. The topological polar surface area (TPSA) is 34.1 Å². The molecule has 0 radical (unpaired) electrons. The highest BCUT2D eigenvalue weighted by Crippen LogP contribution is 2.31. The standard InChI is InChI=1S/C17H14O2.C2H6.CH4/c18-15-11-10-12-6-4-5-9-14(12)16(15)17(19)13-7-2-1-3-8-13;1-2;/h1-9,16H,10-11H2;1-2H3;1H4. The molecule has 0 heterocycles. The molecule has 2 heteroatoms. The Morgan fingerprint density at radius 2 is 1.50 bits per heavy atom. The van der Waals surface area contributed by atoms with Crippen LogP contribution in [0.25, 0.3) is 0 Å². The Morgan fingerprint density at radius 1 is 0.909 bits per heavy atom. The van der Waals surface area contributed by atoms with Crippen molar-refractivity contribution in [2.24, 2.45) is 0 Å². The van der Waals surface area contributed by atoms with Gasteiger partial charge < -0.3 is 0 Å². The monoisotopic (exact) mass is 296 g/mol. The van der Waals surface area contributed by atoms with Gasteiger partial charge in [-0.05, 0) is 17.5 Å². The molecule has 0 amide bonds. The minimum atomic E-state index is -0.618. The zero-order valence-corrected chi connectivity index (χ0v) is 12.5. The van der Waals surface area contributed by atoms with Gasteiger partial charge in [0.25, 0.3) is 0 Å². The molecule has 0 saturated heterocycles. The Balaban J connectivity index is 0.000000775. The van der Waals surface area contributed by atoms with E-state index in [-0.39, 0.29) is 19.0 Å². The number of ketones is 2. The second-order valence-corrected chi connectivity index (χ2v) is 4.83. The van der Waals surface area contributed by atoms with Crippen LogP contribution in [0, 0.1) is 0 Å². The van der Waals surface area contributed by atoms with Crippen LogP contribution < -0.4 is 0 Å². The molecule has 1 aliphatic rings. The molecule has 2 aromatic carbocycles. The van der Waals surface area contributed by atoms with Crippen LogP contribution in [0.1, 0.15) is 55.1 Å². The van der Waals surface area contributed by atoms with Gasteiger partial charge in [0.15, 0.2) is 5.78 Å². The summed E-state index contributed by atoms with van der Waals surface area (Å²) in [5, 5.41) is 0. The van der Waals surface area contributed by atoms with E-state index in [0.29, 0.717) is 12.0 Å². The second kappa shape index (κ2) is 8.28. The average Bonchev–Trinajstić information content (AvgIpc) is 2.57. The van der Waals surface area contributed by atoms with Gasteiger partial charge >= 0.3 is 0 Å². The maximum atomic E-state index is 12.6. The second-order valence-electron chi connectivity index (χ2n) is 4.83. The Hall–Kier alpha value is -2.22. The van der Waals surface area contributed by atoms with Crippen molar-refractivity contribution in [3.63, 3.8) is 0 Å². The summed E-state index contributed by atoms with van der Waals surface area (Å²) in [7, 11) is 0. The number of hydrogen-bond donors (Lipinski definition) is 0. The molecule has 116 valence electrons. The molecule has 0 saturated carbocycles. The number of Topliss-reactive ketones (excluding diaryl/α,β-unsaturated/α-hetero) is 2. The van der Waals surface area contributed by atoms with E-state index in [1.165, 1.54) is 0 Å². The zero-order valence-electron chi connectivity index (χ0n) is 12.5. The molecule has 0 bridgehead atoms. The molecule has 1 atom stereocenters.